The molecule has 2 N–H and O–H groups in total. The maximum atomic E-state index is 11.7. The van der Waals surface area contributed by atoms with E-state index in [1.165, 1.54) is 0 Å². The molecule has 0 aliphatic heterocycles. The van der Waals surface area contributed by atoms with Crippen molar-refractivity contribution in [2.45, 2.75) is 19.1 Å². The smallest absolute Gasteiger partial charge is 0.396 e. The average Bonchev–Trinajstić information content (AvgIpc) is 2.32. The quantitative estimate of drug-likeness (QED) is 0.744. The lowest BCUT2D eigenvalue weighted by Gasteiger charge is -2.01. The van der Waals surface area contributed by atoms with Gasteiger partial charge in [-0.15, -0.1) is 0 Å². The van der Waals surface area contributed by atoms with Gasteiger partial charge < -0.3 is 10.2 Å². The number of halogens is 3. The monoisotopic (exact) mass is 180 g/mol. The summed E-state index contributed by atoms with van der Waals surface area (Å²) in [5.74, 6) is -0.0859. The molecule has 1 heterocycles. The largest absolute Gasteiger partial charge is 0.444 e. The summed E-state index contributed by atoms with van der Waals surface area (Å²) in [6.07, 6.45) is -4.32. The molecule has 0 bridgehead atoms. The molecule has 1 aromatic rings. The Labute approximate surface area is 66.4 Å². The molecule has 3 nitrogen and oxygen atoms in total. The Balaban J connectivity index is 2.64. The first-order valence-electron chi connectivity index (χ1n) is 3.21. The molecule has 68 valence electrons. The molecule has 1 rings (SSSR count). The summed E-state index contributed by atoms with van der Waals surface area (Å²) in [6.45, 7) is 0.0118. The minimum atomic E-state index is -4.26. The molecule has 6 heteroatoms. The van der Waals surface area contributed by atoms with E-state index >= 15 is 0 Å². The van der Waals surface area contributed by atoms with Crippen molar-refractivity contribution in [2.75, 3.05) is 0 Å². The fraction of sp³-hybridized carbons (Fsp3) is 0.500. The second-order valence-corrected chi connectivity index (χ2v) is 2.22. The van der Waals surface area contributed by atoms with Crippen molar-refractivity contribution in [3.05, 3.63) is 17.8 Å². The Kier molecular flexibility index (Phi) is 2.37. The van der Waals surface area contributed by atoms with Crippen LogP contribution in [0.2, 0.25) is 0 Å². The zero-order valence-corrected chi connectivity index (χ0v) is 6.06. The Morgan fingerprint density at radius 2 is 2.17 bits per heavy atom. The molecule has 0 aliphatic rings. The number of rotatable bonds is 2. The van der Waals surface area contributed by atoms with Crippen LogP contribution in [0.4, 0.5) is 13.2 Å². The highest BCUT2D eigenvalue weighted by molar-refractivity contribution is 4.95. The summed E-state index contributed by atoms with van der Waals surface area (Å²) in [5, 5.41) is 0. The van der Waals surface area contributed by atoms with Crippen LogP contribution in [0.25, 0.3) is 0 Å². The van der Waals surface area contributed by atoms with Gasteiger partial charge >= 0.3 is 6.18 Å². The number of hydrogen-bond acceptors (Lipinski definition) is 3. The van der Waals surface area contributed by atoms with Gasteiger partial charge in [-0.3, -0.25) is 0 Å². The van der Waals surface area contributed by atoms with Gasteiger partial charge in [0.25, 0.3) is 0 Å². The third kappa shape index (κ3) is 2.54. The standard InChI is InChI=1S/C6H7F3N2O/c7-6(8,9)1-4-3-11-5(2-10)12-4/h3H,1-2,10H2. The first kappa shape index (κ1) is 9.05. The zero-order chi connectivity index (χ0) is 9.19. The van der Waals surface area contributed by atoms with E-state index in [2.05, 4.69) is 9.40 Å². The summed E-state index contributed by atoms with van der Waals surface area (Å²) in [5.41, 5.74) is 5.09. The molecule has 0 amide bonds. The Bertz CT molecular complexity index is 256. The van der Waals surface area contributed by atoms with Crippen LogP contribution in [-0.2, 0) is 13.0 Å². The van der Waals surface area contributed by atoms with E-state index in [0.29, 0.717) is 0 Å². The van der Waals surface area contributed by atoms with Gasteiger partial charge in [-0.25, -0.2) is 4.98 Å². The van der Waals surface area contributed by atoms with E-state index in [9.17, 15) is 13.2 Å². The van der Waals surface area contributed by atoms with Crippen molar-refractivity contribution in [1.82, 2.24) is 4.98 Å². The molecule has 1 aromatic heterocycles. The third-order valence-electron chi connectivity index (χ3n) is 1.15. The zero-order valence-electron chi connectivity index (χ0n) is 6.06. The predicted molar refractivity (Wildman–Crippen MR) is 34.2 cm³/mol. The predicted octanol–water partition coefficient (Wildman–Crippen LogP) is 1.24. The van der Waals surface area contributed by atoms with E-state index in [1.54, 1.807) is 0 Å². The summed E-state index contributed by atoms with van der Waals surface area (Å²) in [6, 6.07) is 0. The van der Waals surface area contributed by atoms with Gasteiger partial charge in [0.1, 0.15) is 12.2 Å². The first-order chi connectivity index (χ1) is 5.51. The first-order valence-corrected chi connectivity index (χ1v) is 3.21. The molecule has 0 atom stereocenters. The molecule has 0 aliphatic carbocycles. The average molecular weight is 180 g/mol. The number of nitrogens with two attached hydrogens (primary N) is 1. The lowest BCUT2D eigenvalue weighted by Crippen LogP contribution is -2.10. The minimum absolute atomic E-state index is 0.0118. The molecular weight excluding hydrogens is 173 g/mol. The second-order valence-electron chi connectivity index (χ2n) is 2.22. The van der Waals surface area contributed by atoms with Crippen molar-refractivity contribution in [2.24, 2.45) is 5.73 Å². The van der Waals surface area contributed by atoms with Crippen LogP contribution in [0.3, 0.4) is 0 Å². The van der Waals surface area contributed by atoms with Crippen LogP contribution in [0.15, 0.2) is 10.6 Å². The van der Waals surface area contributed by atoms with Crippen molar-refractivity contribution < 1.29 is 17.6 Å². The van der Waals surface area contributed by atoms with E-state index in [0.717, 1.165) is 6.20 Å². The van der Waals surface area contributed by atoms with Gasteiger partial charge in [0.05, 0.1) is 12.7 Å². The lowest BCUT2D eigenvalue weighted by atomic mass is 10.3. The van der Waals surface area contributed by atoms with Crippen molar-refractivity contribution in [3.8, 4) is 0 Å². The molecule has 0 unspecified atom stereocenters. The molecule has 0 fully saturated rings. The molecule has 0 saturated carbocycles. The summed E-state index contributed by atoms with van der Waals surface area (Å²) in [7, 11) is 0. The number of aromatic nitrogens is 1. The third-order valence-corrected chi connectivity index (χ3v) is 1.15. The fourth-order valence-corrected chi connectivity index (χ4v) is 0.722. The molecule has 0 radical (unpaired) electrons. The molecule has 0 aromatic carbocycles. The Hall–Kier alpha value is -1.04. The minimum Gasteiger partial charge on any atom is -0.444 e. The van der Waals surface area contributed by atoms with Gasteiger partial charge in [-0.1, -0.05) is 0 Å². The SMILES string of the molecule is NCc1ncc(CC(F)(F)F)o1. The molecule has 0 saturated heterocycles. The number of alkyl halides is 3. The van der Waals surface area contributed by atoms with E-state index in [1.807, 2.05) is 0 Å². The van der Waals surface area contributed by atoms with Crippen LogP contribution in [0.1, 0.15) is 11.7 Å². The van der Waals surface area contributed by atoms with E-state index < -0.39 is 12.6 Å². The van der Waals surface area contributed by atoms with Crippen LogP contribution in [0, 0.1) is 0 Å². The highest BCUT2D eigenvalue weighted by Gasteiger charge is 2.29. The fourth-order valence-electron chi connectivity index (χ4n) is 0.722. The van der Waals surface area contributed by atoms with Crippen LogP contribution in [0.5, 0.6) is 0 Å². The normalized spacial score (nSPS) is 12.0. The van der Waals surface area contributed by atoms with Gasteiger partial charge in [0, 0.05) is 0 Å². The molecule has 12 heavy (non-hydrogen) atoms. The van der Waals surface area contributed by atoms with Gasteiger partial charge in [-0.05, 0) is 0 Å². The lowest BCUT2D eigenvalue weighted by molar-refractivity contribution is -0.130. The number of oxazole rings is 1. The Morgan fingerprint density at radius 1 is 1.50 bits per heavy atom. The van der Waals surface area contributed by atoms with Gasteiger partial charge in [0.15, 0.2) is 0 Å². The van der Waals surface area contributed by atoms with Crippen LogP contribution < -0.4 is 5.73 Å². The highest BCUT2D eigenvalue weighted by Crippen LogP contribution is 2.21. The topological polar surface area (TPSA) is 52.0 Å². The van der Waals surface area contributed by atoms with Gasteiger partial charge in [-0.2, -0.15) is 13.2 Å². The van der Waals surface area contributed by atoms with Crippen molar-refractivity contribution in [1.29, 1.82) is 0 Å². The maximum Gasteiger partial charge on any atom is 0.396 e. The van der Waals surface area contributed by atoms with Crippen LogP contribution in [-0.4, -0.2) is 11.2 Å². The van der Waals surface area contributed by atoms with Crippen molar-refractivity contribution >= 4 is 0 Å². The Morgan fingerprint density at radius 3 is 2.58 bits per heavy atom. The number of nitrogens with zero attached hydrogens (tertiary/aromatic N) is 1. The van der Waals surface area contributed by atoms with Gasteiger partial charge in [0.2, 0.25) is 5.89 Å². The van der Waals surface area contributed by atoms with E-state index in [-0.39, 0.29) is 18.2 Å². The molecule has 0 spiro atoms. The molecular formula is C6H7F3N2O. The summed E-state index contributed by atoms with van der Waals surface area (Å²) >= 11 is 0. The summed E-state index contributed by atoms with van der Waals surface area (Å²) < 4.78 is 39.9. The number of hydrogen-bond donors (Lipinski definition) is 1. The van der Waals surface area contributed by atoms with Crippen molar-refractivity contribution in [3.63, 3.8) is 0 Å². The van der Waals surface area contributed by atoms with E-state index in [4.69, 9.17) is 5.73 Å². The summed E-state index contributed by atoms with van der Waals surface area (Å²) in [4.78, 5) is 3.53. The maximum absolute atomic E-state index is 11.7. The second kappa shape index (κ2) is 3.14. The van der Waals surface area contributed by atoms with Crippen LogP contribution >= 0.6 is 0 Å². The highest BCUT2D eigenvalue weighted by atomic mass is 19.4.